The molecule has 2 N–H and O–H groups in total. The molecule has 0 fully saturated rings. The number of benzene rings is 1. The van der Waals surface area contributed by atoms with Crippen LogP contribution in [-0.4, -0.2) is 0 Å². The minimum Gasteiger partial charge on any atom is -0.399 e. The summed E-state index contributed by atoms with van der Waals surface area (Å²) in [6, 6.07) is 6.36. The Labute approximate surface area is 68.1 Å². The molecule has 0 unspecified atom stereocenters. The summed E-state index contributed by atoms with van der Waals surface area (Å²) in [5.74, 6) is 0. The molecule has 56 valence electrons. The summed E-state index contributed by atoms with van der Waals surface area (Å²) in [6.45, 7) is 0. The van der Waals surface area contributed by atoms with Crippen molar-refractivity contribution in [3.63, 3.8) is 0 Å². The van der Waals surface area contributed by atoms with Crippen LogP contribution in [-0.2, 0) is 0 Å². The molecule has 11 heavy (non-hydrogen) atoms. The lowest BCUT2D eigenvalue weighted by Crippen LogP contribution is -1.86. The first-order chi connectivity index (χ1) is 5.27. The van der Waals surface area contributed by atoms with Crippen LogP contribution in [0.3, 0.4) is 0 Å². The van der Waals surface area contributed by atoms with Crippen LogP contribution in [0, 0.1) is 11.3 Å². The molecule has 0 amide bonds. The van der Waals surface area contributed by atoms with Gasteiger partial charge < -0.3 is 5.73 Å². The Morgan fingerprint density at radius 3 is 2.82 bits per heavy atom. The van der Waals surface area contributed by atoms with E-state index in [-0.39, 0.29) is 17.0 Å². The standard InChI is InChI=1S/C7H5FN2S/c8-11-7-3-6(10)2-1-5(7)4-9/h1-3H,10H2. The van der Waals surface area contributed by atoms with Crippen LogP contribution in [0.4, 0.5) is 9.57 Å². The predicted octanol–water partition coefficient (Wildman–Crippen LogP) is 2.12. The SMILES string of the molecule is N#Cc1ccc(N)cc1SF. The zero-order valence-corrected chi connectivity index (χ0v) is 6.36. The average Bonchev–Trinajstić information content (AvgIpc) is 2.04. The molecule has 2 nitrogen and oxygen atoms in total. The highest BCUT2D eigenvalue weighted by Gasteiger charge is 2.01. The van der Waals surface area contributed by atoms with Gasteiger partial charge in [0.15, 0.2) is 0 Å². The largest absolute Gasteiger partial charge is 0.399 e. The van der Waals surface area contributed by atoms with Crippen LogP contribution in [0.1, 0.15) is 5.56 Å². The van der Waals surface area contributed by atoms with E-state index in [0.717, 1.165) is 0 Å². The summed E-state index contributed by atoms with van der Waals surface area (Å²) in [5.41, 5.74) is 6.14. The van der Waals surface area contributed by atoms with Crippen molar-refractivity contribution in [3.8, 4) is 6.07 Å². The van der Waals surface area contributed by atoms with Crippen LogP contribution >= 0.6 is 12.1 Å². The molecule has 0 atom stereocenters. The van der Waals surface area contributed by atoms with Gasteiger partial charge >= 0.3 is 0 Å². The number of rotatable bonds is 1. The molecule has 0 bridgehead atoms. The molecule has 0 aliphatic heterocycles. The Morgan fingerprint density at radius 1 is 1.55 bits per heavy atom. The van der Waals surface area contributed by atoms with Crippen LogP contribution in [0.5, 0.6) is 0 Å². The van der Waals surface area contributed by atoms with E-state index >= 15 is 0 Å². The van der Waals surface area contributed by atoms with Crippen LogP contribution in [0.25, 0.3) is 0 Å². The van der Waals surface area contributed by atoms with Crippen molar-refractivity contribution < 1.29 is 3.89 Å². The summed E-state index contributed by atoms with van der Waals surface area (Å²) in [7, 11) is 0. The number of nitrogens with zero attached hydrogens (tertiary/aromatic N) is 1. The molecule has 0 aliphatic rings. The zero-order chi connectivity index (χ0) is 8.27. The first-order valence-electron chi connectivity index (χ1n) is 2.86. The fraction of sp³-hybridized carbons (Fsp3) is 0. The third kappa shape index (κ3) is 1.63. The minimum atomic E-state index is 0.0317. The van der Waals surface area contributed by atoms with Crippen LogP contribution in [0.2, 0.25) is 0 Å². The molecule has 1 rings (SSSR count). The van der Waals surface area contributed by atoms with Crippen molar-refractivity contribution in [1.29, 1.82) is 5.26 Å². The van der Waals surface area contributed by atoms with E-state index in [4.69, 9.17) is 11.0 Å². The summed E-state index contributed by atoms with van der Waals surface area (Å²) in [5, 5.41) is 8.47. The van der Waals surface area contributed by atoms with Gasteiger partial charge in [-0.25, -0.2) is 0 Å². The lowest BCUT2D eigenvalue weighted by Gasteiger charge is -1.97. The lowest BCUT2D eigenvalue weighted by atomic mass is 10.2. The van der Waals surface area contributed by atoms with E-state index in [1.807, 2.05) is 6.07 Å². The first-order valence-corrected chi connectivity index (χ1v) is 3.58. The quantitative estimate of drug-likeness (QED) is 0.653. The van der Waals surface area contributed by atoms with E-state index in [2.05, 4.69) is 0 Å². The summed E-state index contributed by atoms with van der Waals surface area (Å²) in [6.07, 6.45) is 0. The van der Waals surface area contributed by atoms with Gasteiger partial charge in [-0.05, 0) is 18.2 Å². The molecule has 1 aromatic carbocycles. The minimum absolute atomic E-state index is 0.0317. The normalized spacial score (nSPS) is 9.09. The van der Waals surface area contributed by atoms with E-state index in [1.54, 1.807) is 6.07 Å². The van der Waals surface area contributed by atoms with Gasteiger partial charge in [-0.2, -0.15) is 9.15 Å². The van der Waals surface area contributed by atoms with E-state index < -0.39 is 0 Å². The summed E-state index contributed by atoms with van der Waals surface area (Å²) >= 11 is 0.0317. The number of nitrogen functional groups attached to an aromatic ring is 1. The number of nitriles is 1. The monoisotopic (exact) mass is 168 g/mol. The van der Waals surface area contributed by atoms with Crippen molar-refractivity contribution in [2.24, 2.45) is 0 Å². The zero-order valence-electron chi connectivity index (χ0n) is 5.54. The molecule has 0 heterocycles. The summed E-state index contributed by atoms with van der Waals surface area (Å²) in [4.78, 5) is 0.271. The maximum absolute atomic E-state index is 12.1. The number of nitrogens with two attached hydrogens (primary N) is 1. The van der Waals surface area contributed by atoms with Gasteiger partial charge in [-0.15, -0.1) is 0 Å². The maximum atomic E-state index is 12.1. The Bertz CT molecular complexity index is 306. The Morgan fingerprint density at radius 2 is 2.27 bits per heavy atom. The second kappa shape index (κ2) is 3.26. The number of hydrogen-bond acceptors (Lipinski definition) is 3. The number of anilines is 1. The molecule has 1 aromatic rings. The van der Waals surface area contributed by atoms with Crippen molar-refractivity contribution >= 4 is 17.8 Å². The topological polar surface area (TPSA) is 49.8 Å². The highest BCUT2D eigenvalue weighted by Crippen LogP contribution is 2.24. The third-order valence-corrected chi connectivity index (χ3v) is 1.71. The predicted molar refractivity (Wildman–Crippen MR) is 42.5 cm³/mol. The Hall–Kier alpha value is -1.21. The van der Waals surface area contributed by atoms with E-state index in [1.165, 1.54) is 12.1 Å². The second-order valence-corrected chi connectivity index (χ2v) is 2.54. The van der Waals surface area contributed by atoms with Crippen LogP contribution in [0.15, 0.2) is 23.1 Å². The molecule has 0 saturated heterocycles. The number of halogens is 1. The van der Waals surface area contributed by atoms with Gasteiger partial charge in [0, 0.05) is 5.69 Å². The molecular formula is C7H5FN2S. The first kappa shape index (κ1) is 7.89. The molecular weight excluding hydrogens is 163 g/mol. The van der Waals surface area contributed by atoms with Crippen molar-refractivity contribution in [3.05, 3.63) is 23.8 Å². The fourth-order valence-electron chi connectivity index (χ4n) is 0.695. The van der Waals surface area contributed by atoms with Gasteiger partial charge in [-0.1, -0.05) is 0 Å². The molecule has 0 saturated carbocycles. The second-order valence-electron chi connectivity index (χ2n) is 1.94. The van der Waals surface area contributed by atoms with Gasteiger partial charge in [0.05, 0.1) is 22.6 Å². The smallest absolute Gasteiger partial charge is 0.100 e. The third-order valence-electron chi connectivity index (χ3n) is 1.21. The molecule has 4 heteroatoms. The maximum Gasteiger partial charge on any atom is 0.100 e. The molecule has 0 radical (unpaired) electrons. The van der Waals surface area contributed by atoms with Gasteiger partial charge in [0.25, 0.3) is 0 Å². The molecule has 0 aromatic heterocycles. The van der Waals surface area contributed by atoms with E-state index in [9.17, 15) is 3.89 Å². The fourth-order valence-corrected chi connectivity index (χ4v) is 1.07. The van der Waals surface area contributed by atoms with Crippen molar-refractivity contribution in [2.45, 2.75) is 4.90 Å². The lowest BCUT2D eigenvalue weighted by molar-refractivity contribution is 0.933. The highest BCUT2D eigenvalue weighted by atomic mass is 32.2. The van der Waals surface area contributed by atoms with Crippen molar-refractivity contribution in [2.75, 3.05) is 5.73 Å². The molecule has 0 aliphatic carbocycles. The average molecular weight is 168 g/mol. The van der Waals surface area contributed by atoms with Gasteiger partial charge in [0.2, 0.25) is 0 Å². The Balaban J connectivity index is 3.19. The van der Waals surface area contributed by atoms with Gasteiger partial charge in [0.1, 0.15) is 6.07 Å². The van der Waals surface area contributed by atoms with Crippen LogP contribution < -0.4 is 5.73 Å². The van der Waals surface area contributed by atoms with E-state index in [0.29, 0.717) is 11.3 Å². The van der Waals surface area contributed by atoms with Gasteiger partial charge in [-0.3, -0.25) is 0 Å². The molecule has 0 spiro atoms. The van der Waals surface area contributed by atoms with Crippen molar-refractivity contribution in [1.82, 2.24) is 0 Å². The number of hydrogen-bond donors (Lipinski definition) is 1. The summed E-state index contributed by atoms with van der Waals surface area (Å²) < 4.78 is 12.1. The Kier molecular flexibility index (Phi) is 2.34. The highest BCUT2D eigenvalue weighted by molar-refractivity contribution is 7.94.